The maximum Gasteiger partial charge on any atom is 0.328 e. The number of aryl methyl sites for hydroxylation is 1. The zero-order chi connectivity index (χ0) is 23.2. The average molecular weight is 445 g/mol. The minimum Gasteiger partial charge on any atom is -0.299 e. The van der Waals surface area contributed by atoms with Gasteiger partial charge in [0, 0.05) is 24.0 Å². The maximum absolute atomic E-state index is 13.2. The second-order valence-electron chi connectivity index (χ2n) is 8.60. The van der Waals surface area contributed by atoms with Crippen molar-refractivity contribution in [2.45, 2.75) is 65.5 Å². The fourth-order valence-corrected chi connectivity index (χ4v) is 4.17. The van der Waals surface area contributed by atoms with E-state index in [0.29, 0.717) is 12.5 Å². The predicted molar refractivity (Wildman–Crippen MR) is 131 cm³/mol. The number of aromatic nitrogens is 6. The van der Waals surface area contributed by atoms with Gasteiger partial charge in [0.1, 0.15) is 6.33 Å². The Morgan fingerprint density at radius 2 is 1.79 bits per heavy atom. The molecule has 0 fully saturated rings. The van der Waals surface area contributed by atoms with Gasteiger partial charge in [-0.1, -0.05) is 76.1 Å². The molecule has 33 heavy (non-hydrogen) atoms. The summed E-state index contributed by atoms with van der Waals surface area (Å²) < 4.78 is 5.51. The summed E-state index contributed by atoms with van der Waals surface area (Å²) in [5.41, 5.74) is 5.38. The van der Waals surface area contributed by atoms with E-state index in [4.69, 9.17) is 0 Å². The molecule has 2 aromatic heterocycles. The lowest BCUT2D eigenvalue weighted by Crippen LogP contribution is -2.26. The van der Waals surface area contributed by atoms with Crippen LogP contribution in [0.25, 0.3) is 16.8 Å². The van der Waals surface area contributed by atoms with Gasteiger partial charge in [-0.25, -0.2) is 4.79 Å². The monoisotopic (exact) mass is 444 g/mol. The molecule has 0 saturated heterocycles. The van der Waals surface area contributed by atoms with Crippen LogP contribution in [0.5, 0.6) is 0 Å². The van der Waals surface area contributed by atoms with Crippen molar-refractivity contribution in [3.05, 3.63) is 82.8 Å². The normalized spacial score (nSPS) is 12.2. The number of tetrazole rings is 1. The van der Waals surface area contributed by atoms with Gasteiger partial charge in [-0.15, -0.1) is 5.10 Å². The van der Waals surface area contributed by atoms with Crippen molar-refractivity contribution < 1.29 is 0 Å². The van der Waals surface area contributed by atoms with Gasteiger partial charge in [0.15, 0.2) is 0 Å². The topological polar surface area (TPSA) is 70.5 Å². The molecule has 7 nitrogen and oxygen atoms in total. The molecule has 0 aliphatic rings. The summed E-state index contributed by atoms with van der Waals surface area (Å²) in [5.74, 6) is 0.340. The molecular formula is C26H32N6O. The van der Waals surface area contributed by atoms with Crippen molar-refractivity contribution >= 4 is 0 Å². The predicted octanol–water partition coefficient (Wildman–Crippen LogP) is 5.04. The van der Waals surface area contributed by atoms with Gasteiger partial charge in [-0.05, 0) is 46.4 Å². The van der Waals surface area contributed by atoms with Crippen LogP contribution in [0.15, 0.2) is 65.8 Å². The first-order valence-electron chi connectivity index (χ1n) is 11.8. The summed E-state index contributed by atoms with van der Waals surface area (Å²) in [6, 6.07) is 16.5. The van der Waals surface area contributed by atoms with Crippen LogP contribution >= 0.6 is 0 Å². The number of hydrogen-bond donors (Lipinski definition) is 0. The maximum atomic E-state index is 13.2. The lowest BCUT2D eigenvalue weighted by Gasteiger charge is -2.13. The molecule has 0 aliphatic heterocycles. The van der Waals surface area contributed by atoms with Gasteiger partial charge in [-0.3, -0.25) is 9.13 Å². The van der Waals surface area contributed by atoms with E-state index in [2.05, 4.69) is 72.8 Å². The summed E-state index contributed by atoms with van der Waals surface area (Å²) >= 11 is 0. The Morgan fingerprint density at radius 3 is 2.48 bits per heavy atom. The fraction of sp³-hybridized carbons (Fsp3) is 0.385. The van der Waals surface area contributed by atoms with Crippen molar-refractivity contribution in [2.24, 2.45) is 0 Å². The quantitative estimate of drug-likeness (QED) is 0.321. The lowest BCUT2D eigenvalue weighted by molar-refractivity contribution is 0.571. The van der Waals surface area contributed by atoms with Crippen molar-refractivity contribution in [3.8, 4) is 16.8 Å². The SMILES string of the molecule is CCCCCn1cc(C(C)CC)n(Cc2ccc(-c3ccccc3-n3cnnn3)cc2)c1=O. The van der Waals surface area contributed by atoms with E-state index < -0.39 is 0 Å². The zero-order valence-corrected chi connectivity index (χ0v) is 19.7. The Kier molecular flexibility index (Phi) is 7.17. The number of para-hydroxylation sites is 1. The highest BCUT2D eigenvalue weighted by molar-refractivity contribution is 5.72. The number of unbranched alkanes of at least 4 members (excludes halogenated alkanes) is 2. The number of imidazole rings is 1. The molecule has 0 N–H and O–H groups in total. The van der Waals surface area contributed by atoms with Crippen molar-refractivity contribution in [1.29, 1.82) is 0 Å². The third-order valence-electron chi connectivity index (χ3n) is 6.30. The van der Waals surface area contributed by atoms with Crippen LogP contribution in [-0.2, 0) is 13.1 Å². The molecule has 0 bridgehead atoms. The van der Waals surface area contributed by atoms with Gasteiger partial charge in [0.25, 0.3) is 0 Å². The van der Waals surface area contributed by atoms with E-state index >= 15 is 0 Å². The number of benzene rings is 2. The highest BCUT2D eigenvalue weighted by Gasteiger charge is 2.16. The molecule has 1 unspecified atom stereocenters. The number of nitrogens with zero attached hydrogens (tertiary/aromatic N) is 6. The second kappa shape index (κ2) is 10.4. The molecule has 7 heteroatoms. The molecule has 0 aliphatic carbocycles. The van der Waals surface area contributed by atoms with Gasteiger partial charge in [0.05, 0.1) is 12.2 Å². The van der Waals surface area contributed by atoms with E-state index in [0.717, 1.165) is 60.3 Å². The van der Waals surface area contributed by atoms with Gasteiger partial charge >= 0.3 is 5.69 Å². The Bertz CT molecular complexity index is 1220. The van der Waals surface area contributed by atoms with E-state index in [9.17, 15) is 4.79 Å². The third-order valence-corrected chi connectivity index (χ3v) is 6.30. The molecule has 0 amide bonds. The Balaban J connectivity index is 1.61. The third kappa shape index (κ3) is 4.97. The van der Waals surface area contributed by atoms with E-state index in [1.165, 1.54) is 0 Å². The van der Waals surface area contributed by atoms with Crippen LogP contribution in [0, 0.1) is 0 Å². The smallest absolute Gasteiger partial charge is 0.299 e. The van der Waals surface area contributed by atoms with Crippen LogP contribution in [-0.4, -0.2) is 29.3 Å². The van der Waals surface area contributed by atoms with E-state index in [1.54, 1.807) is 11.0 Å². The van der Waals surface area contributed by atoms with Crippen LogP contribution < -0.4 is 5.69 Å². The molecule has 4 aromatic rings. The summed E-state index contributed by atoms with van der Waals surface area (Å²) in [5, 5.41) is 11.5. The lowest BCUT2D eigenvalue weighted by atomic mass is 10.0. The van der Waals surface area contributed by atoms with Gasteiger partial charge in [-0.2, -0.15) is 4.68 Å². The molecule has 0 radical (unpaired) electrons. The van der Waals surface area contributed by atoms with Gasteiger partial charge in [0.2, 0.25) is 0 Å². The molecule has 0 saturated carbocycles. The minimum absolute atomic E-state index is 0.0921. The largest absolute Gasteiger partial charge is 0.328 e. The molecule has 1 atom stereocenters. The molecule has 4 rings (SSSR count). The Labute approximate surface area is 194 Å². The summed E-state index contributed by atoms with van der Waals surface area (Å²) in [7, 11) is 0. The number of rotatable bonds is 10. The van der Waals surface area contributed by atoms with Crippen molar-refractivity contribution in [1.82, 2.24) is 29.3 Å². The summed E-state index contributed by atoms with van der Waals surface area (Å²) in [4.78, 5) is 13.2. The number of hydrogen-bond acceptors (Lipinski definition) is 4. The van der Waals surface area contributed by atoms with Crippen LogP contribution in [0.2, 0.25) is 0 Å². The van der Waals surface area contributed by atoms with E-state index in [-0.39, 0.29) is 5.69 Å². The van der Waals surface area contributed by atoms with Crippen molar-refractivity contribution in [3.63, 3.8) is 0 Å². The first-order valence-corrected chi connectivity index (χ1v) is 11.8. The van der Waals surface area contributed by atoms with E-state index in [1.807, 2.05) is 27.3 Å². The summed E-state index contributed by atoms with van der Waals surface area (Å²) in [6.07, 6.45) is 8.01. The van der Waals surface area contributed by atoms with Crippen LogP contribution in [0.4, 0.5) is 0 Å². The first-order chi connectivity index (χ1) is 16.1. The molecule has 2 aromatic carbocycles. The minimum atomic E-state index is 0.0921. The molecule has 172 valence electrons. The Morgan fingerprint density at radius 1 is 1.00 bits per heavy atom. The van der Waals surface area contributed by atoms with Gasteiger partial charge < -0.3 is 0 Å². The van der Waals surface area contributed by atoms with Crippen LogP contribution in [0.3, 0.4) is 0 Å². The first kappa shape index (κ1) is 22.7. The molecular weight excluding hydrogens is 412 g/mol. The van der Waals surface area contributed by atoms with Crippen molar-refractivity contribution in [2.75, 3.05) is 0 Å². The fourth-order valence-electron chi connectivity index (χ4n) is 4.17. The summed E-state index contributed by atoms with van der Waals surface area (Å²) in [6.45, 7) is 7.92. The highest BCUT2D eigenvalue weighted by Crippen LogP contribution is 2.27. The molecule has 0 spiro atoms. The molecule has 2 heterocycles. The Hall–Kier alpha value is -3.48. The highest BCUT2D eigenvalue weighted by atomic mass is 16.1. The zero-order valence-electron chi connectivity index (χ0n) is 19.7. The average Bonchev–Trinajstić information content (AvgIpc) is 3.49. The second-order valence-corrected chi connectivity index (χ2v) is 8.60. The standard InChI is InChI=1S/C26H32N6O/c1-4-6-9-16-30-18-25(20(3)5-2)31(26(30)33)17-21-12-14-22(15-13-21)23-10-7-8-11-24(23)32-19-27-28-29-32/h7-8,10-15,18-20H,4-6,9,16-17H2,1-3H3. The van der Waals surface area contributed by atoms with Crippen LogP contribution in [0.1, 0.15) is 63.6 Å².